The molecule has 1 atom stereocenters. The smallest absolute Gasteiger partial charge is 0.242 e. The molecule has 0 amide bonds. The molecule has 20 heavy (non-hydrogen) atoms. The van der Waals surface area contributed by atoms with Crippen molar-refractivity contribution in [3.8, 4) is 0 Å². The van der Waals surface area contributed by atoms with Gasteiger partial charge in [-0.25, -0.2) is 12.7 Å². The predicted octanol–water partition coefficient (Wildman–Crippen LogP) is 1.09. The number of anilines is 2. The fraction of sp³-hybridized carbons (Fsp3) is 0.538. The van der Waals surface area contributed by atoms with E-state index in [1.54, 1.807) is 6.07 Å². The first-order valence-electron chi connectivity index (χ1n) is 6.37. The van der Waals surface area contributed by atoms with Gasteiger partial charge in [0.1, 0.15) is 0 Å². The summed E-state index contributed by atoms with van der Waals surface area (Å²) in [6.07, 6.45) is 0.674. The molecule has 1 aromatic carbocycles. The average Bonchev–Trinajstić information content (AvgIpc) is 2.40. The Hall–Kier alpha value is -1.31. The zero-order chi connectivity index (χ0) is 15.6. The first kappa shape index (κ1) is 16.7. The number of benzene rings is 1. The lowest BCUT2D eigenvalue weighted by molar-refractivity contribution is 0.219. The highest BCUT2D eigenvalue weighted by atomic mass is 32.2. The van der Waals surface area contributed by atoms with Gasteiger partial charge < -0.3 is 16.2 Å². The second-order valence-corrected chi connectivity index (χ2v) is 7.39. The Balaban J connectivity index is 3.23. The Morgan fingerprint density at radius 1 is 1.40 bits per heavy atom. The van der Waals surface area contributed by atoms with E-state index in [1.807, 2.05) is 13.8 Å². The molecule has 0 heterocycles. The predicted molar refractivity (Wildman–Crippen MR) is 81.1 cm³/mol. The second kappa shape index (κ2) is 5.99. The van der Waals surface area contributed by atoms with Crippen molar-refractivity contribution in [1.29, 1.82) is 0 Å². The number of aliphatic hydroxyl groups excluding tert-OH is 1. The van der Waals surface area contributed by atoms with Gasteiger partial charge in [0.05, 0.1) is 28.4 Å². The van der Waals surface area contributed by atoms with Crippen LogP contribution in [0.3, 0.4) is 0 Å². The van der Waals surface area contributed by atoms with Crippen molar-refractivity contribution in [1.82, 2.24) is 4.31 Å². The van der Waals surface area contributed by atoms with Crippen molar-refractivity contribution in [3.63, 3.8) is 0 Å². The molecule has 7 heteroatoms. The lowest BCUT2D eigenvalue weighted by Crippen LogP contribution is -2.38. The molecule has 0 saturated carbocycles. The molecular formula is C13H23N3O3S. The number of hydrogen-bond acceptors (Lipinski definition) is 5. The van der Waals surface area contributed by atoms with E-state index in [4.69, 9.17) is 5.73 Å². The summed E-state index contributed by atoms with van der Waals surface area (Å²) in [5.74, 6) is 0. The number of nitrogen functional groups attached to an aromatic ring is 1. The fourth-order valence-corrected chi connectivity index (χ4v) is 2.51. The highest BCUT2D eigenvalue weighted by molar-refractivity contribution is 7.89. The fourth-order valence-electron chi connectivity index (χ4n) is 1.58. The normalized spacial score (nSPS) is 15.1. The molecule has 1 unspecified atom stereocenters. The highest BCUT2D eigenvalue weighted by Gasteiger charge is 2.23. The second-order valence-electron chi connectivity index (χ2n) is 5.23. The largest absolute Gasteiger partial charge is 0.397 e. The van der Waals surface area contributed by atoms with E-state index in [-0.39, 0.29) is 11.5 Å². The summed E-state index contributed by atoms with van der Waals surface area (Å²) in [6, 6.07) is 4.51. The van der Waals surface area contributed by atoms with Crippen LogP contribution in [0.4, 0.5) is 11.4 Å². The molecule has 0 fully saturated rings. The van der Waals surface area contributed by atoms with Crippen molar-refractivity contribution in [2.24, 2.45) is 0 Å². The zero-order valence-corrected chi connectivity index (χ0v) is 13.2. The van der Waals surface area contributed by atoms with Crippen molar-refractivity contribution in [2.45, 2.75) is 30.7 Å². The Labute approximate surface area is 120 Å². The molecule has 1 aromatic rings. The number of nitrogens with two attached hydrogens (primary N) is 1. The molecule has 1 rings (SSSR count). The van der Waals surface area contributed by atoms with Gasteiger partial charge in [-0.2, -0.15) is 0 Å². The minimum Gasteiger partial charge on any atom is -0.397 e. The maximum atomic E-state index is 12.1. The molecule has 6 nitrogen and oxygen atoms in total. The molecule has 0 aliphatic heterocycles. The molecule has 0 aliphatic rings. The van der Waals surface area contributed by atoms with Crippen LogP contribution in [-0.4, -0.2) is 44.1 Å². The zero-order valence-electron chi connectivity index (χ0n) is 12.3. The van der Waals surface area contributed by atoms with Crippen LogP contribution in [0, 0.1) is 0 Å². The van der Waals surface area contributed by atoms with Gasteiger partial charge in [0.15, 0.2) is 0 Å². The Morgan fingerprint density at radius 2 is 2.00 bits per heavy atom. The monoisotopic (exact) mass is 301 g/mol. The van der Waals surface area contributed by atoms with Crippen molar-refractivity contribution < 1.29 is 13.5 Å². The Morgan fingerprint density at radius 3 is 2.45 bits per heavy atom. The highest BCUT2D eigenvalue weighted by Crippen LogP contribution is 2.27. The van der Waals surface area contributed by atoms with Crippen LogP contribution in [0.25, 0.3) is 0 Å². The maximum absolute atomic E-state index is 12.1. The SMILES string of the molecule is CCC(C)(CO)Nc1cc(S(=O)(=O)N(C)C)ccc1N. The first-order chi connectivity index (χ1) is 9.16. The molecule has 0 spiro atoms. The van der Waals surface area contributed by atoms with E-state index in [1.165, 1.54) is 26.2 Å². The summed E-state index contributed by atoms with van der Waals surface area (Å²) in [5.41, 5.74) is 6.27. The molecule has 4 N–H and O–H groups in total. The molecular weight excluding hydrogens is 278 g/mol. The molecule has 0 radical (unpaired) electrons. The van der Waals surface area contributed by atoms with Crippen LogP contribution in [0.2, 0.25) is 0 Å². The van der Waals surface area contributed by atoms with Crippen LogP contribution >= 0.6 is 0 Å². The van der Waals surface area contributed by atoms with E-state index in [2.05, 4.69) is 5.32 Å². The number of sulfonamides is 1. The van der Waals surface area contributed by atoms with Crippen molar-refractivity contribution in [2.75, 3.05) is 31.8 Å². The van der Waals surface area contributed by atoms with E-state index in [9.17, 15) is 13.5 Å². The lowest BCUT2D eigenvalue weighted by Gasteiger charge is -2.29. The third kappa shape index (κ3) is 3.41. The van der Waals surface area contributed by atoms with Crippen LogP contribution in [0.1, 0.15) is 20.3 Å². The van der Waals surface area contributed by atoms with Gasteiger partial charge in [0.2, 0.25) is 10.0 Å². The number of nitrogens with zero attached hydrogens (tertiary/aromatic N) is 1. The molecule has 0 saturated heterocycles. The summed E-state index contributed by atoms with van der Waals surface area (Å²) < 4.78 is 25.4. The van der Waals surface area contributed by atoms with E-state index < -0.39 is 15.6 Å². The number of rotatable bonds is 6. The van der Waals surface area contributed by atoms with Crippen LogP contribution in [0.15, 0.2) is 23.1 Å². The molecule has 0 aliphatic carbocycles. The molecule has 0 bridgehead atoms. The van der Waals surface area contributed by atoms with Gasteiger partial charge in [-0.1, -0.05) is 6.92 Å². The average molecular weight is 301 g/mol. The summed E-state index contributed by atoms with van der Waals surface area (Å²) >= 11 is 0. The summed E-state index contributed by atoms with van der Waals surface area (Å²) in [4.78, 5) is 0.163. The Bertz CT molecular complexity index is 566. The third-order valence-electron chi connectivity index (χ3n) is 3.37. The van der Waals surface area contributed by atoms with Gasteiger partial charge in [0, 0.05) is 14.1 Å². The number of aliphatic hydroxyl groups is 1. The first-order valence-corrected chi connectivity index (χ1v) is 7.81. The van der Waals surface area contributed by atoms with Gasteiger partial charge in [-0.15, -0.1) is 0 Å². The van der Waals surface area contributed by atoms with Gasteiger partial charge >= 0.3 is 0 Å². The van der Waals surface area contributed by atoms with E-state index in [0.717, 1.165) is 4.31 Å². The number of nitrogens with one attached hydrogen (secondary N) is 1. The van der Waals surface area contributed by atoms with Gasteiger partial charge in [-0.3, -0.25) is 0 Å². The quantitative estimate of drug-likeness (QED) is 0.684. The Kier molecular flexibility index (Phi) is 5.01. The van der Waals surface area contributed by atoms with E-state index >= 15 is 0 Å². The third-order valence-corrected chi connectivity index (χ3v) is 5.18. The van der Waals surface area contributed by atoms with Crippen LogP contribution in [-0.2, 0) is 10.0 Å². The van der Waals surface area contributed by atoms with Crippen molar-refractivity contribution in [3.05, 3.63) is 18.2 Å². The minimum atomic E-state index is -3.51. The standard InChI is InChI=1S/C13H23N3O3S/c1-5-13(2,9-17)15-12-8-10(6-7-11(12)14)20(18,19)16(3)4/h6-8,15,17H,5,9,14H2,1-4H3. The van der Waals surface area contributed by atoms with Crippen LogP contribution < -0.4 is 11.1 Å². The maximum Gasteiger partial charge on any atom is 0.242 e. The summed E-state index contributed by atoms with van der Waals surface area (Å²) in [5, 5.41) is 12.5. The van der Waals surface area contributed by atoms with Crippen LogP contribution in [0.5, 0.6) is 0 Å². The summed E-state index contributed by atoms with van der Waals surface area (Å²) in [7, 11) is -0.560. The minimum absolute atomic E-state index is 0.0758. The molecule has 0 aromatic heterocycles. The molecule has 114 valence electrons. The number of hydrogen-bond donors (Lipinski definition) is 3. The van der Waals surface area contributed by atoms with E-state index in [0.29, 0.717) is 17.8 Å². The topological polar surface area (TPSA) is 95.7 Å². The summed E-state index contributed by atoms with van der Waals surface area (Å²) in [6.45, 7) is 3.70. The van der Waals surface area contributed by atoms with Crippen molar-refractivity contribution >= 4 is 21.4 Å². The van der Waals surface area contributed by atoms with Gasteiger partial charge in [0.25, 0.3) is 0 Å². The van der Waals surface area contributed by atoms with Gasteiger partial charge in [-0.05, 0) is 31.5 Å². The lowest BCUT2D eigenvalue weighted by atomic mass is 9.99.